The number of methoxy groups -OCH3 is 1. The molecule has 0 saturated carbocycles. The molecule has 2 N–H and O–H groups in total. The van der Waals surface area contributed by atoms with Gasteiger partial charge in [0.2, 0.25) is 10.0 Å². The summed E-state index contributed by atoms with van der Waals surface area (Å²) in [5, 5.41) is 3.67. The summed E-state index contributed by atoms with van der Waals surface area (Å²) in [6.45, 7) is 5.83. The van der Waals surface area contributed by atoms with Crippen molar-refractivity contribution in [3.05, 3.63) is 33.8 Å². The molecule has 0 unspecified atom stereocenters. The van der Waals surface area contributed by atoms with Crippen molar-refractivity contribution in [2.75, 3.05) is 23.4 Å². The SMILES string of the molecule is COc1ccc(NC(=O)c2sc(C(C)C)nc2C)cc1NS(C)(=O)=O. The first kappa shape index (κ1) is 19.2. The number of nitrogens with zero attached hydrogens (tertiary/aromatic N) is 1. The molecule has 1 aromatic heterocycles. The van der Waals surface area contributed by atoms with Gasteiger partial charge in [-0.15, -0.1) is 11.3 Å². The van der Waals surface area contributed by atoms with Crippen LogP contribution >= 0.6 is 11.3 Å². The maximum Gasteiger partial charge on any atom is 0.267 e. The minimum atomic E-state index is -3.47. The number of nitrogens with one attached hydrogen (secondary N) is 2. The highest BCUT2D eigenvalue weighted by atomic mass is 32.2. The van der Waals surface area contributed by atoms with E-state index in [-0.39, 0.29) is 17.5 Å². The van der Waals surface area contributed by atoms with Gasteiger partial charge in [-0.05, 0) is 25.1 Å². The highest BCUT2D eigenvalue weighted by molar-refractivity contribution is 7.92. The van der Waals surface area contributed by atoms with Gasteiger partial charge in [-0.3, -0.25) is 9.52 Å². The Hall–Kier alpha value is -2.13. The molecule has 0 fully saturated rings. The number of hydrogen-bond donors (Lipinski definition) is 2. The van der Waals surface area contributed by atoms with E-state index in [0.717, 1.165) is 11.3 Å². The summed E-state index contributed by atoms with van der Waals surface area (Å²) in [7, 11) is -2.03. The van der Waals surface area contributed by atoms with Crippen LogP contribution in [0.1, 0.15) is 40.1 Å². The first-order chi connectivity index (χ1) is 11.6. The largest absolute Gasteiger partial charge is 0.495 e. The van der Waals surface area contributed by atoms with Crippen LogP contribution in [0.4, 0.5) is 11.4 Å². The van der Waals surface area contributed by atoms with Crippen molar-refractivity contribution in [3.8, 4) is 5.75 Å². The summed E-state index contributed by atoms with van der Waals surface area (Å²) >= 11 is 1.36. The summed E-state index contributed by atoms with van der Waals surface area (Å²) < 4.78 is 30.5. The third-order valence-corrected chi connectivity index (χ3v) is 5.31. The normalized spacial score (nSPS) is 11.4. The molecule has 1 aromatic carbocycles. The minimum absolute atomic E-state index is 0.247. The van der Waals surface area contributed by atoms with Gasteiger partial charge in [0.05, 0.1) is 29.8 Å². The average molecular weight is 383 g/mol. The van der Waals surface area contributed by atoms with E-state index in [1.54, 1.807) is 19.1 Å². The third-order valence-electron chi connectivity index (χ3n) is 3.27. The maximum atomic E-state index is 12.5. The Morgan fingerprint density at radius 2 is 2.00 bits per heavy atom. The lowest BCUT2D eigenvalue weighted by Crippen LogP contribution is -2.13. The fraction of sp³-hybridized carbons (Fsp3) is 0.375. The van der Waals surface area contributed by atoms with Crippen molar-refractivity contribution in [1.29, 1.82) is 0 Å². The molecule has 0 radical (unpaired) electrons. The van der Waals surface area contributed by atoms with Crippen molar-refractivity contribution in [1.82, 2.24) is 4.98 Å². The second-order valence-corrected chi connectivity index (χ2v) is 8.64. The number of ether oxygens (including phenoxy) is 1. The van der Waals surface area contributed by atoms with Gasteiger partial charge in [0, 0.05) is 11.6 Å². The number of carbonyl (C=O) groups excluding carboxylic acids is 1. The average Bonchev–Trinajstić information content (AvgIpc) is 2.88. The number of carbonyl (C=O) groups is 1. The number of aryl methyl sites for hydroxylation is 1. The van der Waals surface area contributed by atoms with Gasteiger partial charge in [-0.1, -0.05) is 13.8 Å². The molecule has 0 bridgehead atoms. The summed E-state index contributed by atoms with van der Waals surface area (Å²) in [4.78, 5) is 17.5. The fourth-order valence-corrected chi connectivity index (χ4v) is 3.65. The van der Waals surface area contributed by atoms with Crippen molar-refractivity contribution < 1.29 is 17.9 Å². The molecule has 1 heterocycles. The van der Waals surface area contributed by atoms with Crippen LogP contribution in [-0.4, -0.2) is 32.7 Å². The number of sulfonamides is 1. The van der Waals surface area contributed by atoms with Gasteiger partial charge in [0.25, 0.3) is 5.91 Å². The summed E-state index contributed by atoms with van der Waals surface area (Å²) in [5.74, 6) is 0.327. The molecule has 25 heavy (non-hydrogen) atoms. The molecule has 0 saturated heterocycles. The van der Waals surface area contributed by atoms with Crippen LogP contribution in [0.15, 0.2) is 18.2 Å². The van der Waals surface area contributed by atoms with Crippen LogP contribution in [-0.2, 0) is 10.0 Å². The monoisotopic (exact) mass is 383 g/mol. The Morgan fingerprint density at radius 3 is 2.52 bits per heavy atom. The maximum absolute atomic E-state index is 12.5. The lowest BCUT2D eigenvalue weighted by Gasteiger charge is -2.12. The molecule has 136 valence electrons. The van der Waals surface area contributed by atoms with Crippen LogP contribution in [0.5, 0.6) is 5.75 Å². The summed E-state index contributed by atoms with van der Waals surface area (Å²) in [6, 6.07) is 4.74. The predicted molar refractivity (Wildman–Crippen MR) is 100 cm³/mol. The van der Waals surface area contributed by atoms with Gasteiger partial charge in [-0.2, -0.15) is 0 Å². The van der Waals surface area contributed by atoms with Crippen LogP contribution in [0.2, 0.25) is 0 Å². The molecule has 0 aliphatic heterocycles. The Kier molecular flexibility index (Phi) is 5.69. The van der Waals surface area contributed by atoms with Gasteiger partial charge in [0.15, 0.2) is 0 Å². The van der Waals surface area contributed by atoms with E-state index in [4.69, 9.17) is 4.74 Å². The van der Waals surface area contributed by atoms with Crippen LogP contribution in [0.3, 0.4) is 0 Å². The molecule has 2 rings (SSSR count). The van der Waals surface area contributed by atoms with E-state index in [0.29, 0.717) is 22.0 Å². The zero-order valence-electron chi connectivity index (χ0n) is 14.7. The van der Waals surface area contributed by atoms with Gasteiger partial charge in [-0.25, -0.2) is 13.4 Å². The second kappa shape index (κ2) is 7.40. The van der Waals surface area contributed by atoms with Gasteiger partial charge in [0.1, 0.15) is 10.6 Å². The molecule has 2 aromatic rings. The Labute approximate surface area is 151 Å². The highest BCUT2D eigenvalue weighted by Gasteiger charge is 2.18. The molecule has 0 aliphatic carbocycles. The number of thiazole rings is 1. The van der Waals surface area contributed by atoms with E-state index in [1.807, 2.05) is 13.8 Å². The molecule has 0 spiro atoms. The van der Waals surface area contributed by atoms with E-state index in [2.05, 4.69) is 15.0 Å². The van der Waals surface area contributed by atoms with Crippen LogP contribution < -0.4 is 14.8 Å². The smallest absolute Gasteiger partial charge is 0.267 e. The van der Waals surface area contributed by atoms with Gasteiger partial charge >= 0.3 is 0 Å². The van der Waals surface area contributed by atoms with Crippen molar-refractivity contribution in [2.24, 2.45) is 0 Å². The zero-order valence-corrected chi connectivity index (χ0v) is 16.3. The summed E-state index contributed by atoms with van der Waals surface area (Å²) in [5.41, 5.74) is 1.39. The number of rotatable bonds is 6. The number of amides is 1. The molecular weight excluding hydrogens is 362 g/mol. The lowest BCUT2D eigenvalue weighted by molar-refractivity contribution is 0.103. The molecule has 0 aliphatic rings. The number of aromatic nitrogens is 1. The fourth-order valence-electron chi connectivity index (χ4n) is 2.13. The second-order valence-electron chi connectivity index (χ2n) is 5.86. The first-order valence-corrected chi connectivity index (χ1v) is 10.3. The van der Waals surface area contributed by atoms with Crippen LogP contribution in [0.25, 0.3) is 0 Å². The molecule has 9 heteroatoms. The minimum Gasteiger partial charge on any atom is -0.495 e. The van der Waals surface area contributed by atoms with E-state index >= 15 is 0 Å². The van der Waals surface area contributed by atoms with E-state index < -0.39 is 10.0 Å². The highest BCUT2D eigenvalue weighted by Crippen LogP contribution is 2.30. The zero-order chi connectivity index (χ0) is 18.8. The van der Waals surface area contributed by atoms with E-state index in [1.165, 1.54) is 24.5 Å². The van der Waals surface area contributed by atoms with Crippen molar-refractivity contribution in [2.45, 2.75) is 26.7 Å². The number of hydrogen-bond acceptors (Lipinski definition) is 6. The molecule has 1 amide bonds. The van der Waals surface area contributed by atoms with Gasteiger partial charge < -0.3 is 10.1 Å². The van der Waals surface area contributed by atoms with E-state index in [9.17, 15) is 13.2 Å². The molecular formula is C16H21N3O4S2. The molecule has 0 atom stereocenters. The molecule has 7 nitrogen and oxygen atoms in total. The third kappa shape index (κ3) is 4.93. The van der Waals surface area contributed by atoms with Crippen molar-refractivity contribution in [3.63, 3.8) is 0 Å². The number of benzene rings is 1. The van der Waals surface area contributed by atoms with Crippen LogP contribution in [0, 0.1) is 6.92 Å². The predicted octanol–water partition coefficient (Wildman–Crippen LogP) is 3.21. The lowest BCUT2D eigenvalue weighted by atomic mass is 10.2. The topological polar surface area (TPSA) is 97.4 Å². The van der Waals surface area contributed by atoms with Crippen molar-refractivity contribution >= 4 is 38.6 Å². The summed E-state index contributed by atoms with van der Waals surface area (Å²) in [6.07, 6.45) is 1.05. The quantitative estimate of drug-likeness (QED) is 0.798. The Balaban J connectivity index is 2.28. The number of anilines is 2. The Morgan fingerprint density at radius 1 is 1.32 bits per heavy atom. The Bertz CT molecular complexity index is 889. The first-order valence-electron chi connectivity index (χ1n) is 7.55. The standard InChI is InChI=1S/C16H21N3O4S2/c1-9(2)16-17-10(3)14(24-16)15(20)18-11-6-7-13(23-4)12(8-11)19-25(5,21)22/h6-9,19H,1-5H3,(H,18,20).